The molecule has 0 aliphatic rings. The predicted octanol–water partition coefficient (Wildman–Crippen LogP) is -0.0521. The highest BCUT2D eigenvalue weighted by molar-refractivity contribution is 5.42. The number of pyridine rings is 1. The molecule has 0 radical (unpaired) electrons. The highest BCUT2D eigenvalue weighted by atomic mass is 15.3. The van der Waals surface area contributed by atoms with Crippen LogP contribution in [0.3, 0.4) is 0 Å². The molecule has 0 aliphatic carbocycles. The average molecular weight is 176 g/mol. The summed E-state index contributed by atoms with van der Waals surface area (Å²) in [5.41, 5.74) is 3.32. The minimum atomic E-state index is 0.591. The largest absolute Gasteiger partial charge is 0.308 e. The Kier molecular flexibility index (Phi) is 1.89. The van der Waals surface area contributed by atoms with Gasteiger partial charge in [-0.15, -0.1) is 0 Å². The molecule has 3 N–H and O–H groups in total. The first-order valence-electron chi connectivity index (χ1n) is 3.68. The first kappa shape index (κ1) is 7.69. The third-order valence-corrected chi connectivity index (χ3v) is 1.57. The molecule has 2 aromatic rings. The lowest BCUT2D eigenvalue weighted by Crippen LogP contribution is -2.09. The SMILES string of the molecule is NNc1cc(-n2cncn2)ccn1. The van der Waals surface area contributed by atoms with Gasteiger partial charge in [-0.3, -0.25) is 0 Å². The van der Waals surface area contributed by atoms with Gasteiger partial charge in [0.25, 0.3) is 0 Å². The van der Waals surface area contributed by atoms with Gasteiger partial charge in [-0.1, -0.05) is 0 Å². The predicted molar refractivity (Wildman–Crippen MR) is 47.0 cm³/mol. The topological polar surface area (TPSA) is 81.6 Å². The zero-order valence-corrected chi connectivity index (χ0v) is 6.75. The van der Waals surface area contributed by atoms with E-state index in [0.717, 1.165) is 5.69 Å². The molecule has 0 atom stereocenters. The molecule has 0 amide bonds. The van der Waals surface area contributed by atoms with Gasteiger partial charge in [-0.25, -0.2) is 20.5 Å². The van der Waals surface area contributed by atoms with Crippen LogP contribution < -0.4 is 11.3 Å². The minimum absolute atomic E-state index is 0.591. The normalized spacial score (nSPS) is 9.92. The van der Waals surface area contributed by atoms with E-state index in [9.17, 15) is 0 Å². The van der Waals surface area contributed by atoms with Crippen LogP contribution in [0.5, 0.6) is 0 Å². The fourth-order valence-corrected chi connectivity index (χ4v) is 0.982. The third kappa shape index (κ3) is 1.47. The fourth-order valence-electron chi connectivity index (χ4n) is 0.982. The third-order valence-electron chi connectivity index (χ3n) is 1.57. The molecule has 2 heterocycles. The first-order chi connectivity index (χ1) is 6.40. The van der Waals surface area contributed by atoms with Gasteiger partial charge in [-0.2, -0.15) is 5.10 Å². The Bertz CT molecular complexity index is 382. The fraction of sp³-hybridized carbons (Fsp3) is 0. The van der Waals surface area contributed by atoms with Crippen molar-refractivity contribution in [1.29, 1.82) is 0 Å². The number of hydrogen-bond acceptors (Lipinski definition) is 5. The van der Waals surface area contributed by atoms with Gasteiger partial charge in [0.1, 0.15) is 18.5 Å². The Hall–Kier alpha value is -1.95. The molecule has 2 rings (SSSR count). The number of aromatic nitrogens is 4. The van der Waals surface area contributed by atoms with Crippen LogP contribution in [0.25, 0.3) is 5.69 Å². The van der Waals surface area contributed by atoms with E-state index >= 15 is 0 Å². The minimum Gasteiger partial charge on any atom is -0.308 e. The van der Waals surface area contributed by atoms with Crippen LogP contribution in [0.15, 0.2) is 31.0 Å². The second kappa shape index (κ2) is 3.20. The first-order valence-corrected chi connectivity index (χ1v) is 3.68. The molecule has 66 valence electrons. The number of nitrogen functional groups attached to an aromatic ring is 1. The van der Waals surface area contributed by atoms with Crippen LogP contribution >= 0.6 is 0 Å². The Morgan fingerprint density at radius 3 is 3.08 bits per heavy atom. The number of rotatable bonds is 2. The Morgan fingerprint density at radius 2 is 2.38 bits per heavy atom. The highest BCUT2D eigenvalue weighted by Crippen LogP contribution is 2.08. The van der Waals surface area contributed by atoms with E-state index in [-0.39, 0.29) is 0 Å². The standard InChI is InChI=1S/C7H8N6/c8-12-7-3-6(1-2-10-7)13-5-9-4-11-13/h1-5H,8H2,(H,10,12). The van der Waals surface area contributed by atoms with Gasteiger partial charge in [0.15, 0.2) is 0 Å². The number of nitrogens with zero attached hydrogens (tertiary/aromatic N) is 4. The summed E-state index contributed by atoms with van der Waals surface area (Å²) in [6.45, 7) is 0. The van der Waals surface area contributed by atoms with E-state index < -0.39 is 0 Å². The molecule has 6 nitrogen and oxygen atoms in total. The molecular formula is C7H8N6. The second-order valence-electron chi connectivity index (χ2n) is 2.38. The van der Waals surface area contributed by atoms with Crippen molar-refractivity contribution in [2.75, 3.05) is 5.43 Å². The molecule has 0 saturated heterocycles. The maximum Gasteiger partial charge on any atom is 0.142 e. The maximum atomic E-state index is 5.21. The zero-order valence-electron chi connectivity index (χ0n) is 6.75. The van der Waals surface area contributed by atoms with Crippen molar-refractivity contribution in [2.45, 2.75) is 0 Å². The smallest absolute Gasteiger partial charge is 0.142 e. The Labute approximate surface area is 74.4 Å². The van der Waals surface area contributed by atoms with E-state index in [1.54, 1.807) is 23.3 Å². The van der Waals surface area contributed by atoms with Crippen LogP contribution in [0.4, 0.5) is 5.82 Å². The summed E-state index contributed by atoms with van der Waals surface area (Å²) in [5.74, 6) is 5.81. The van der Waals surface area contributed by atoms with Crippen LogP contribution in [0.1, 0.15) is 0 Å². The summed E-state index contributed by atoms with van der Waals surface area (Å²) in [7, 11) is 0. The summed E-state index contributed by atoms with van der Waals surface area (Å²) < 4.78 is 1.63. The van der Waals surface area contributed by atoms with E-state index in [2.05, 4.69) is 20.5 Å². The summed E-state index contributed by atoms with van der Waals surface area (Å²) in [6.07, 6.45) is 4.72. The Balaban J connectivity index is 2.41. The van der Waals surface area contributed by atoms with Crippen LogP contribution in [0, 0.1) is 0 Å². The zero-order chi connectivity index (χ0) is 9.10. The van der Waals surface area contributed by atoms with E-state index in [1.165, 1.54) is 6.33 Å². The van der Waals surface area contributed by atoms with Gasteiger partial charge >= 0.3 is 0 Å². The van der Waals surface area contributed by atoms with E-state index in [1.807, 2.05) is 6.07 Å². The maximum absolute atomic E-state index is 5.21. The number of nitrogens with one attached hydrogen (secondary N) is 1. The lowest BCUT2D eigenvalue weighted by Gasteiger charge is -2.02. The molecule has 2 aromatic heterocycles. The second-order valence-corrected chi connectivity index (χ2v) is 2.38. The molecule has 0 fully saturated rings. The van der Waals surface area contributed by atoms with Crippen molar-refractivity contribution in [3.05, 3.63) is 31.0 Å². The number of anilines is 1. The van der Waals surface area contributed by atoms with Crippen LogP contribution in [-0.4, -0.2) is 19.7 Å². The molecule has 0 spiro atoms. The van der Waals surface area contributed by atoms with Crippen molar-refractivity contribution in [3.63, 3.8) is 0 Å². The van der Waals surface area contributed by atoms with Crippen molar-refractivity contribution >= 4 is 5.82 Å². The molecular weight excluding hydrogens is 168 g/mol. The van der Waals surface area contributed by atoms with Crippen molar-refractivity contribution < 1.29 is 0 Å². The molecule has 0 aromatic carbocycles. The van der Waals surface area contributed by atoms with Crippen LogP contribution in [0.2, 0.25) is 0 Å². The number of hydrazine groups is 1. The number of hydrogen-bond donors (Lipinski definition) is 2. The lowest BCUT2D eigenvalue weighted by atomic mass is 10.4. The van der Waals surface area contributed by atoms with Crippen molar-refractivity contribution in [2.24, 2.45) is 5.84 Å². The molecule has 0 saturated carbocycles. The summed E-state index contributed by atoms with van der Waals surface area (Å²) in [4.78, 5) is 7.80. The summed E-state index contributed by atoms with van der Waals surface area (Å²) in [5, 5.41) is 3.97. The molecule has 0 unspecified atom stereocenters. The molecule has 6 heteroatoms. The highest BCUT2D eigenvalue weighted by Gasteiger charge is 1.97. The van der Waals surface area contributed by atoms with Gasteiger partial charge in [0.05, 0.1) is 5.69 Å². The number of nitrogens with two attached hydrogens (primary N) is 1. The summed E-state index contributed by atoms with van der Waals surface area (Å²) in [6, 6.07) is 3.59. The van der Waals surface area contributed by atoms with Gasteiger partial charge in [0.2, 0.25) is 0 Å². The monoisotopic (exact) mass is 176 g/mol. The van der Waals surface area contributed by atoms with Crippen LogP contribution in [-0.2, 0) is 0 Å². The lowest BCUT2D eigenvalue weighted by molar-refractivity contribution is 0.876. The van der Waals surface area contributed by atoms with Gasteiger partial charge in [-0.05, 0) is 6.07 Å². The van der Waals surface area contributed by atoms with Crippen molar-refractivity contribution in [1.82, 2.24) is 19.7 Å². The van der Waals surface area contributed by atoms with Crippen molar-refractivity contribution in [3.8, 4) is 5.69 Å². The van der Waals surface area contributed by atoms with Gasteiger partial charge in [0, 0.05) is 12.3 Å². The van der Waals surface area contributed by atoms with Gasteiger partial charge < -0.3 is 5.43 Å². The average Bonchev–Trinajstić information content (AvgIpc) is 2.71. The quantitative estimate of drug-likeness (QED) is 0.495. The molecule has 13 heavy (non-hydrogen) atoms. The Morgan fingerprint density at radius 1 is 1.46 bits per heavy atom. The van der Waals surface area contributed by atoms with E-state index in [0.29, 0.717) is 5.82 Å². The summed E-state index contributed by atoms with van der Waals surface area (Å²) >= 11 is 0. The molecule has 0 aliphatic heterocycles. The van der Waals surface area contributed by atoms with E-state index in [4.69, 9.17) is 5.84 Å². The molecule has 0 bridgehead atoms.